The van der Waals surface area contributed by atoms with E-state index in [0.717, 1.165) is 22.3 Å². The molecule has 3 heteroatoms. The number of carbonyl (C=O) groups excluding carboxylic acids is 2. The molecule has 3 nitrogen and oxygen atoms in total. The number of carbonyl (C=O) groups is 2. The van der Waals surface area contributed by atoms with Gasteiger partial charge in [-0.1, -0.05) is 66.2 Å². The van der Waals surface area contributed by atoms with Crippen LogP contribution in [-0.4, -0.2) is 18.4 Å². The minimum Gasteiger partial charge on any atom is -0.454 e. The van der Waals surface area contributed by atoms with Gasteiger partial charge in [-0.3, -0.25) is 4.79 Å². The first-order valence-electron chi connectivity index (χ1n) is 8.48. The molecule has 130 valence electrons. The number of hydrogen-bond donors (Lipinski definition) is 0. The summed E-state index contributed by atoms with van der Waals surface area (Å²) in [6.45, 7) is 3.53. The molecule has 0 aliphatic carbocycles. The summed E-state index contributed by atoms with van der Waals surface area (Å²) in [6.07, 6.45) is 0. The van der Waals surface area contributed by atoms with E-state index in [-0.39, 0.29) is 12.4 Å². The number of aryl methyl sites for hydroxylation is 2. The van der Waals surface area contributed by atoms with Gasteiger partial charge in [0.15, 0.2) is 6.61 Å². The summed E-state index contributed by atoms with van der Waals surface area (Å²) in [4.78, 5) is 25.0. The van der Waals surface area contributed by atoms with Crippen molar-refractivity contribution in [2.24, 2.45) is 0 Å². The standard InChI is InChI=1S/C23H20O3/c1-16-12-13-17(2)21(14-16)22(24)15-26-23(25)20-11-7-6-10-19(20)18-8-4-3-5-9-18/h3-14H,15H2,1-2H3. The topological polar surface area (TPSA) is 43.4 Å². The summed E-state index contributed by atoms with van der Waals surface area (Å²) in [5.74, 6) is -0.695. The van der Waals surface area contributed by atoms with Gasteiger partial charge in [-0.25, -0.2) is 4.79 Å². The molecule has 0 atom stereocenters. The highest BCUT2D eigenvalue weighted by atomic mass is 16.5. The summed E-state index contributed by atoms with van der Waals surface area (Å²) < 4.78 is 5.31. The number of hydrogen-bond acceptors (Lipinski definition) is 3. The number of ether oxygens (including phenoxy) is 1. The van der Waals surface area contributed by atoms with E-state index in [1.54, 1.807) is 12.1 Å². The second-order valence-electron chi connectivity index (χ2n) is 6.23. The minimum atomic E-state index is -0.497. The number of ketones is 1. The molecule has 3 rings (SSSR count). The highest BCUT2D eigenvalue weighted by molar-refractivity contribution is 6.02. The zero-order valence-electron chi connectivity index (χ0n) is 14.9. The molecule has 0 unspecified atom stereocenters. The monoisotopic (exact) mass is 344 g/mol. The predicted molar refractivity (Wildman–Crippen MR) is 102 cm³/mol. The van der Waals surface area contributed by atoms with Gasteiger partial charge in [-0.05, 0) is 42.7 Å². The first kappa shape index (κ1) is 17.6. The van der Waals surface area contributed by atoms with Crippen LogP contribution in [0.25, 0.3) is 11.1 Å². The molecular formula is C23H20O3. The van der Waals surface area contributed by atoms with Crippen LogP contribution in [0.1, 0.15) is 31.8 Å². The van der Waals surface area contributed by atoms with Gasteiger partial charge in [0.05, 0.1) is 5.56 Å². The van der Waals surface area contributed by atoms with Crippen molar-refractivity contribution in [2.45, 2.75) is 13.8 Å². The van der Waals surface area contributed by atoms with Gasteiger partial charge in [-0.15, -0.1) is 0 Å². The number of benzene rings is 3. The van der Waals surface area contributed by atoms with Gasteiger partial charge < -0.3 is 4.74 Å². The summed E-state index contributed by atoms with van der Waals surface area (Å²) in [6, 6.07) is 22.6. The fourth-order valence-corrected chi connectivity index (χ4v) is 2.85. The van der Waals surface area contributed by atoms with Crippen LogP contribution in [-0.2, 0) is 4.74 Å². The average Bonchev–Trinajstić information content (AvgIpc) is 2.68. The summed E-state index contributed by atoms with van der Waals surface area (Å²) in [5.41, 5.74) is 4.64. The van der Waals surface area contributed by atoms with Gasteiger partial charge in [0.25, 0.3) is 0 Å². The van der Waals surface area contributed by atoms with Gasteiger partial charge in [0, 0.05) is 5.56 Å². The normalized spacial score (nSPS) is 10.4. The molecule has 0 aliphatic heterocycles. The fraction of sp³-hybridized carbons (Fsp3) is 0.130. The lowest BCUT2D eigenvalue weighted by molar-refractivity contribution is 0.0475. The third-order valence-electron chi connectivity index (χ3n) is 4.26. The molecule has 0 radical (unpaired) electrons. The van der Waals surface area contributed by atoms with Crippen LogP contribution < -0.4 is 0 Å². The van der Waals surface area contributed by atoms with Gasteiger partial charge in [-0.2, -0.15) is 0 Å². The lowest BCUT2D eigenvalue weighted by atomic mass is 10.00. The van der Waals surface area contributed by atoms with E-state index >= 15 is 0 Å². The van der Waals surface area contributed by atoms with E-state index in [1.807, 2.05) is 74.5 Å². The van der Waals surface area contributed by atoms with Crippen LogP contribution in [0.4, 0.5) is 0 Å². The molecule has 0 bridgehead atoms. The zero-order valence-corrected chi connectivity index (χ0v) is 14.9. The highest BCUT2D eigenvalue weighted by Gasteiger charge is 2.16. The van der Waals surface area contributed by atoms with Gasteiger partial charge in [0.1, 0.15) is 0 Å². The Balaban J connectivity index is 1.77. The first-order chi connectivity index (χ1) is 12.6. The average molecular weight is 344 g/mol. The van der Waals surface area contributed by atoms with Crippen molar-refractivity contribution in [3.05, 3.63) is 95.1 Å². The van der Waals surface area contributed by atoms with E-state index in [0.29, 0.717) is 11.1 Å². The molecule has 0 aromatic heterocycles. The van der Waals surface area contributed by atoms with Crippen LogP contribution in [0.15, 0.2) is 72.8 Å². The quantitative estimate of drug-likeness (QED) is 0.483. The second kappa shape index (κ2) is 7.79. The molecule has 0 saturated carbocycles. The predicted octanol–water partition coefficient (Wildman–Crippen LogP) is 5.01. The third kappa shape index (κ3) is 3.89. The van der Waals surface area contributed by atoms with Crippen LogP contribution in [0, 0.1) is 13.8 Å². The zero-order chi connectivity index (χ0) is 18.5. The maximum absolute atomic E-state index is 12.6. The number of rotatable bonds is 5. The Bertz CT molecular complexity index is 943. The van der Waals surface area contributed by atoms with Crippen molar-refractivity contribution in [1.82, 2.24) is 0 Å². The molecule has 0 amide bonds. The molecule has 26 heavy (non-hydrogen) atoms. The van der Waals surface area contributed by atoms with Crippen LogP contribution in [0.3, 0.4) is 0 Å². The Labute approximate surface area is 153 Å². The van der Waals surface area contributed by atoms with Crippen LogP contribution in [0.5, 0.6) is 0 Å². The maximum Gasteiger partial charge on any atom is 0.339 e. The maximum atomic E-state index is 12.6. The lowest BCUT2D eigenvalue weighted by Crippen LogP contribution is -2.16. The Kier molecular flexibility index (Phi) is 5.28. The lowest BCUT2D eigenvalue weighted by Gasteiger charge is -2.10. The van der Waals surface area contributed by atoms with Crippen LogP contribution >= 0.6 is 0 Å². The number of esters is 1. The summed E-state index contributed by atoms with van der Waals surface area (Å²) >= 11 is 0. The molecule has 3 aromatic rings. The highest BCUT2D eigenvalue weighted by Crippen LogP contribution is 2.24. The van der Waals surface area contributed by atoms with Crippen LogP contribution in [0.2, 0.25) is 0 Å². The Hall–Kier alpha value is -3.20. The largest absolute Gasteiger partial charge is 0.454 e. The number of Topliss-reactive ketones (excluding diaryl/α,β-unsaturated/α-hetero) is 1. The van der Waals surface area contributed by atoms with Crippen molar-refractivity contribution >= 4 is 11.8 Å². The van der Waals surface area contributed by atoms with E-state index < -0.39 is 5.97 Å². The Morgan fingerprint density at radius 3 is 2.27 bits per heavy atom. The van der Waals surface area contributed by atoms with E-state index in [2.05, 4.69) is 0 Å². The van der Waals surface area contributed by atoms with Crippen molar-refractivity contribution in [3.63, 3.8) is 0 Å². The Morgan fingerprint density at radius 2 is 1.50 bits per heavy atom. The SMILES string of the molecule is Cc1ccc(C)c(C(=O)COC(=O)c2ccccc2-c2ccccc2)c1. The van der Waals surface area contributed by atoms with Gasteiger partial charge in [0.2, 0.25) is 5.78 Å². The second-order valence-corrected chi connectivity index (χ2v) is 6.23. The minimum absolute atomic E-state index is 0.197. The molecule has 0 aliphatic rings. The molecule has 3 aromatic carbocycles. The van der Waals surface area contributed by atoms with E-state index in [4.69, 9.17) is 4.74 Å². The molecule has 0 saturated heterocycles. The summed E-state index contributed by atoms with van der Waals surface area (Å²) in [5, 5.41) is 0. The summed E-state index contributed by atoms with van der Waals surface area (Å²) in [7, 11) is 0. The fourth-order valence-electron chi connectivity index (χ4n) is 2.85. The first-order valence-corrected chi connectivity index (χ1v) is 8.48. The van der Waals surface area contributed by atoms with E-state index in [9.17, 15) is 9.59 Å². The molecule has 0 fully saturated rings. The van der Waals surface area contributed by atoms with Crippen molar-refractivity contribution in [1.29, 1.82) is 0 Å². The third-order valence-corrected chi connectivity index (χ3v) is 4.26. The molecular weight excluding hydrogens is 324 g/mol. The molecule has 0 heterocycles. The van der Waals surface area contributed by atoms with Crippen molar-refractivity contribution < 1.29 is 14.3 Å². The molecule has 0 spiro atoms. The molecule has 0 N–H and O–H groups in total. The Morgan fingerprint density at radius 1 is 0.808 bits per heavy atom. The van der Waals surface area contributed by atoms with E-state index in [1.165, 1.54) is 0 Å². The smallest absolute Gasteiger partial charge is 0.339 e. The van der Waals surface area contributed by atoms with Crippen molar-refractivity contribution in [2.75, 3.05) is 6.61 Å². The van der Waals surface area contributed by atoms with Crippen molar-refractivity contribution in [3.8, 4) is 11.1 Å². The van der Waals surface area contributed by atoms with Gasteiger partial charge >= 0.3 is 5.97 Å².